The zero-order chi connectivity index (χ0) is 21.1. The average Bonchev–Trinajstić information content (AvgIpc) is 2.78. The second kappa shape index (κ2) is 9.14. The third-order valence-corrected chi connectivity index (χ3v) is 5.42. The van der Waals surface area contributed by atoms with Crippen molar-refractivity contribution in [2.24, 2.45) is 5.92 Å². The van der Waals surface area contributed by atoms with Gasteiger partial charge in [0.1, 0.15) is 12.1 Å². The molecule has 1 aliphatic heterocycles. The SMILES string of the molecule is CC(C)CCCC(C)NC(=O)CN1C(=O)NC(C)(c2ccc(Cl)cc2Cl)C1=O. The maximum absolute atomic E-state index is 12.9. The number of nitrogens with one attached hydrogen (secondary N) is 2. The van der Waals surface area contributed by atoms with Gasteiger partial charge in [0.2, 0.25) is 5.91 Å². The minimum atomic E-state index is -1.35. The summed E-state index contributed by atoms with van der Waals surface area (Å²) in [6.45, 7) is 7.46. The van der Waals surface area contributed by atoms with Crippen molar-refractivity contribution in [1.82, 2.24) is 15.5 Å². The van der Waals surface area contributed by atoms with Gasteiger partial charge in [0, 0.05) is 21.7 Å². The lowest BCUT2D eigenvalue weighted by atomic mass is 9.92. The molecular weight excluding hydrogens is 401 g/mol. The number of halogens is 2. The third-order valence-electron chi connectivity index (χ3n) is 4.87. The van der Waals surface area contributed by atoms with E-state index in [1.165, 1.54) is 6.07 Å². The molecule has 1 heterocycles. The Labute approximate surface area is 175 Å². The zero-order valence-corrected chi connectivity index (χ0v) is 18.2. The van der Waals surface area contributed by atoms with Gasteiger partial charge in [-0.05, 0) is 38.3 Å². The van der Waals surface area contributed by atoms with Crippen LogP contribution in [0.1, 0.15) is 52.5 Å². The molecule has 6 nitrogen and oxygen atoms in total. The van der Waals surface area contributed by atoms with Gasteiger partial charge in [0.05, 0.1) is 0 Å². The summed E-state index contributed by atoms with van der Waals surface area (Å²) >= 11 is 12.1. The number of benzene rings is 1. The highest BCUT2D eigenvalue weighted by Gasteiger charge is 2.50. The van der Waals surface area contributed by atoms with Gasteiger partial charge in [-0.25, -0.2) is 4.79 Å². The van der Waals surface area contributed by atoms with Crippen molar-refractivity contribution in [3.63, 3.8) is 0 Å². The van der Waals surface area contributed by atoms with E-state index in [1.807, 2.05) is 6.92 Å². The quantitative estimate of drug-likeness (QED) is 0.613. The van der Waals surface area contributed by atoms with E-state index in [9.17, 15) is 14.4 Å². The van der Waals surface area contributed by atoms with E-state index in [1.54, 1.807) is 19.1 Å². The normalized spacial score (nSPS) is 20.5. The Morgan fingerprint density at radius 3 is 2.50 bits per heavy atom. The van der Waals surface area contributed by atoms with E-state index in [0.29, 0.717) is 16.5 Å². The first-order chi connectivity index (χ1) is 13.0. The van der Waals surface area contributed by atoms with E-state index >= 15 is 0 Å². The van der Waals surface area contributed by atoms with Crippen LogP contribution in [-0.4, -0.2) is 35.3 Å². The molecule has 2 unspecified atom stereocenters. The maximum Gasteiger partial charge on any atom is 0.325 e. The summed E-state index contributed by atoms with van der Waals surface area (Å²) in [6.07, 6.45) is 2.95. The van der Waals surface area contributed by atoms with Crippen molar-refractivity contribution in [3.05, 3.63) is 33.8 Å². The molecule has 2 atom stereocenters. The fourth-order valence-corrected chi connectivity index (χ4v) is 3.88. The highest BCUT2D eigenvalue weighted by atomic mass is 35.5. The fourth-order valence-electron chi connectivity index (χ4n) is 3.29. The number of rotatable bonds is 8. The first-order valence-corrected chi connectivity index (χ1v) is 10.2. The van der Waals surface area contributed by atoms with Gasteiger partial charge in [-0.2, -0.15) is 0 Å². The Balaban J connectivity index is 2.02. The molecule has 28 heavy (non-hydrogen) atoms. The summed E-state index contributed by atoms with van der Waals surface area (Å²) in [7, 11) is 0. The molecule has 154 valence electrons. The van der Waals surface area contributed by atoms with Crippen LogP contribution >= 0.6 is 23.2 Å². The third kappa shape index (κ3) is 5.17. The highest BCUT2D eigenvalue weighted by Crippen LogP contribution is 2.34. The number of hydrogen-bond donors (Lipinski definition) is 2. The van der Waals surface area contributed by atoms with Gasteiger partial charge in [-0.3, -0.25) is 14.5 Å². The number of amides is 4. The average molecular weight is 428 g/mol. The Morgan fingerprint density at radius 2 is 1.89 bits per heavy atom. The van der Waals surface area contributed by atoms with Crippen LogP contribution in [0.2, 0.25) is 10.0 Å². The van der Waals surface area contributed by atoms with Crippen LogP contribution in [0.15, 0.2) is 18.2 Å². The Hall–Kier alpha value is -1.79. The number of hydrogen-bond acceptors (Lipinski definition) is 3. The summed E-state index contributed by atoms with van der Waals surface area (Å²) in [4.78, 5) is 38.5. The largest absolute Gasteiger partial charge is 0.352 e. The number of carbonyl (C=O) groups is 3. The van der Waals surface area contributed by atoms with Crippen molar-refractivity contribution in [3.8, 4) is 0 Å². The molecule has 2 rings (SSSR count). The predicted molar refractivity (Wildman–Crippen MR) is 110 cm³/mol. The minimum Gasteiger partial charge on any atom is -0.352 e. The first-order valence-electron chi connectivity index (χ1n) is 9.43. The van der Waals surface area contributed by atoms with E-state index in [-0.39, 0.29) is 23.5 Å². The van der Waals surface area contributed by atoms with Crippen molar-refractivity contribution in [1.29, 1.82) is 0 Å². The molecule has 1 aromatic rings. The van der Waals surface area contributed by atoms with Crippen LogP contribution in [-0.2, 0) is 15.1 Å². The molecule has 1 fully saturated rings. The topological polar surface area (TPSA) is 78.5 Å². The summed E-state index contributed by atoms with van der Waals surface area (Å²) in [5.41, 5.74) is -0.913. The molecule has 4 amide bonds. The number of urea groups is 1. The number of nitrogens with zero attached hydrogens (tertiary/aromatic N) is 1. The Kier molecular flexibility index (Phi) is 7.34. The molecule has 8 heteroatoms. The van der Waals surface area contributed by atoms with Gasteiger partial charge < -0.3 is 10.6 Å². The van der Waals surface area contributed by atoms with Crippen LogP contribution in [0, 0.1) is 5.92 Å². The van der Waals surface area contributed by atoms with E-state index in [2.05, 4.69) is 24.5 Å². The van der Waals surface area contributed by atoms with Gasteiger partial charge in [0.15, 0.2) is 0 Å². The lowest BCUT2D eigenvalue weighted by Gasteiger charge is -2.23. The van der Waals surface area contributed by atoms with Crippen molar-refractivity contribution >= 4 is 41.0 Å². The highest BCUT2D eigenvalue weighted by molar-refractivity contribution is 6.35. The predicted octanol–water partition coefficient (Wildman–Crippen LogP) is 4.09. The van der Waals surface area contributed by atoms with Crippen molar-refractivity contribution in [2.75, 3.05) is 6.54 Å². The molecule has 1 saturated heterocycles. The summed E-state index contributed by atoms with van der Waals surface area (Å²) in [5.74, 6) is -0.275. The van der Waals surface area contributed by atoms with Gasteiger partial charge in [-0.1, -0.05) is 56.0 Å². The lowest BCUT2D eigenvalue weighted by Crippen LogP contribution is -2.45. The second-order valence-electron chi connectivity index (χ2n) is 7.86. The standard InChI is InChI=1S/C20H27Cl2N3O3/c1-12(2)6-5-7-13(3)23-17(26)11-25-18(27)20(4,24-19(25)28)15-9-8-14(21)10-16(15)22/h8-10,12-13H,5-7,11H2,1-4H3,(H,23,26)(H,24,28). The lowest BCUT2D eigenvalue weighted by molar-refractivity contribution is -0.135. The Morgan fingerprint density at radius 1 is 1.21 bits per heavy atom. The second-order valence-corrected chi connectivity index (χ2v) is 8.71. The maximum atomic E-state index is 12.9. The summed E-state index contributed by atoms with van der Waals surface area (Å²) in [6, 6.07) is 4.06. The molecular formula is C20H27Cl2N3O3. The first kappa shape index (κ1) is 22.5. The fraction of sp³-hybridized carbons (Fsp3) is 0.550. The van der Waals surface area contributed by atoms with Gasteiger partial charge in [-0.15, -0.1) is 0 Å². The van der Waals surface area contributed by atoms with Crippen LogP contribution in [0.5, 0.6) is 0 Å². The smallest absolute Gasteiger partial charge is 0.325 e. The molecule has 0 aliphatic carbocycles. The molecule has 0 saturated carbocycles. The Bertz CT molecular complexity index is 769. The van der Waals surface area contributed by atoms with E-state index in [4.69, 9.17) is 23.2 Å². The minimum absolute atomic E-state index is 0.0240. The van der Waals surface area contributed by atoms with Crippen molar-refractivity contribution < 1.29 is 14.4 Å². The van der Waals surface area contributed by atoms with Gasteiger partial charge in [0.25, 0.3) is 5.91 Å². The monoisotopic (exact) mass is 427 g/mol. The molecule has 0 spiro atoms. The van der Waals surface area contributed by atoms with Crippen LogP contribution in [0.4, 0.5) is 4.79 Å². The van der Waals surface area contributed by atoms with E-state index < -0.39 is 17.5 Å². The van der Waals surface area contributed by atoms with Crippen LogP contribution in [0.25, 0.3) is 0 Å². The van der Waals surface area contributed by atoms with E-state index in [0.717, 1.165) is 24.2 Å². The number of imide groups is 1. The molecule has 1 aliphatic rings. The van der Waals surface area contributed by atoms with Crippen molar-refractivity contribution in [2.45, 2.75) is 58.5 Å². The molecule has 0 bridgehead atoms. The molecule has 2 N–H and O–H groups in total. The molecule has 0 aromatic heterocycles. The van der Waals surface area contributed by atoms with Crippen LogP contribution < -0.4 is 10.6 Å². The van der Waals surface area contributed by atoms with Crippen LogP contribution in [0.3, 0.4) is 0 Å². The summed E-state index contributed by atoms with van der Waals surface area (Å²) in [5, 5.41) is 6.19. The molecule has 1 aromatic carbocycles. The zero-order valence-electron chi connectivity index (χ0n) is 16.6. The number of carbonyl (C=O) groups excluding carboxylic acids is 3. The molecule has 0 radical (unpaired) electrons. The summed E-state index contributed by atoms with van der Waals surface area (Å²) < 4.78 is 0. The van der Waals surface area contributed by atoms with Gasteiger partial charge >= 0.3 is 6.03 Å².